The number of hydrogen-bond acceptors (Lipinski definition) is 6. The topological polar surface area (TPSA) is 68.3 Å². The van der Waals surface area contributed by atoms with E-state index in [9.17, 15) is 0 Å². The monoisotopic (exact) mass is 255 g/mol. The van der Waals surface area contributed by atoms with E-state index in [1.807, 2.05) is 6.92 Å². The summed E-state index contributed by atoms with van der Waals surface area (Å²) in [5.41, 5.74) is 0.870. The molecule has 0 spiro atoms. The van der Waals surface area contributed by atoms with E-state index in [0.29, 0.717) is 4.77 Å². The van der Waals surface area contributed by atoms with Crippen LogP contribution in [0.1, 0.15) is 5.69 Å². The van der Waals surface area contributed by atoms with Crippen LogP contribution < -0.4 is 4.90 Å². The zero-order valence-electron chi connectivity index (χ0n) is 9.89. The van der Waals surface area contributed by atoms with Crippen molar-refractivity contribution in [3.63, 3.8) is 0 Å². The third-order valence-electron chi connectivity index (χ3n) is 2.94. The lowest BCUT2D eigenvalue weighted by atomic mass is 10.3. The van der Waals surface area contributed by atoms with Gasteiger partial charge in [0.2, 0.25) is 4.77 Å². The fourth-order valence-corrected chi connectivity index (χ4v) is 2.14. The van der Waals surface area contributed by atoms with Crippen LogP contribution in [0.5, 0.6) is 0 Å². The minimum atomic E-state index is 0.218. The molecule has 1 saturated heterocycles. The molecule has 0 aliphatic carbocycles. The van der Waals surface area contributed by atoms with E-state index < -0.39 is 0 Å². The molecule has 0 atom stereocenters. The minimum absolute atomic E-state index is 0.218. The number of aliphatic hydroxyl groups excluding tert-OH is 1. The van der Waals surface area contributed by atoms with Crippen LogP contribution in [-0.4, -0.2) is 64.5 Å². The van der Waals surface area contributed by atoms with E-state index >= 15 is 0 Å². The summed E-state index contributed by atoms with van der Waals surface area (Å²) in [6.45, 7) is 6.55. The number of nitrogens with one attached hydrogen (secondary N) is 1. The van der Waals surface area contributed by atoms with Crippen molar-refractivity contribution in [1.82, 2.24) is 20.1 Å². The number of β-amino-alcohol motifs (C(OH)–C–C–N with tert-alkyl or cyclic N) is 1. The number of aromatic amines is 1. The molecule has 2 heterocycles. The molecule has 1 aliphatic heterocycles. The minimum Gasteiger partial charge on any atom is -0.395 e. The van der Waals surface area contributed by atoms with E-state index in [4.69, 9.17) is 17.3 Å². The van der Waals surface area contributed by atoms with E-state index in [-0.39, 0.29) is 6.61 Å². The molecule has 0 unspecified atom stereocenters. The van der Waals surface area contributed by atoms with Gasteiger partial charge >= 0.3 is 0 Å². The van der Waals surface area contributed by atoms with Crippen molar-refractivity contribution < 1.29 is 5.11 Å². The van der Waals surface area contributed by atoms with Gasteiger partial charge in [-0.25, -0.2) is 0 Å². The number of hydrogen-bond donors (Lipinski definition) is 2. The lowest BCUT2D eigenvalue weighted by Gasteiger charge is -2.35. The molecular formula is C10H17N5OS. The summed E-state index contributed by atoms with van der Waals surface area (Å²) in [6, 6.07) is 0. The average molecular weight is 255 g/mol. The molecule has 2 rings (SSSR count). The van der Waals surface area contributed by atoms with Crippen LogP contribution in [0, 0.1) is 11.7 Å². The fraction of sp³-hybridized carbons (Fsp3) is 0.700. The van der Waals surface area contributed by atoms with Crippen LogP contribution in [0.2, 0.25) is 0 Å². The number of rotatable bonds is 3. The summed E-state index contributed by atoms with van der Waals surface area (Å²) in [5.74, 6) is 0.873. The van der Waals surface area contributed by atoms with E-state index in [0.717, 1.165) is 44.2 Å². The zero-order valence-corrected chi connectivity index (χ0v) is 10.7. The number of H-pyrrole nitrogens is 1. The van der Waals surface area contributed by atoms with Crippen molar-refractivity contribution >= 4 is 18.0 Å². The van der Waals surface area contributed by atoms with Gasteiger partial charge in [0.15, 0.2) is 5.82 Å². The van der Waals surface area contributed by atoms with Crippen LogP contribution in [-0.2, 0) is 0 Å². The maximum atomic E-state index is 8.89. The number of nitrogens with zero attached hydrogens (tertiary/aromatic N) is 4. The molecule has 0 amide bonds. The number of anilines is 1. The van der Waals surface area contributed by atoms with Gasteiger partial charge in [-0.1, -0.05) is 0 Å². The highest BCUT2D eigenvalue weighted by Gasteiger charge is 2.19. The second kappa shape index (κ2) is 5.52. The second-order valence-corrected chi connectivity index (χ2v) is 4.49. The summed E-state index contributed by atoms with van der Waals surface area (Å²) in [6.07, 6.45) is 0. The Labute approximate surface area is 105 Å². The zero-order chi connectivity index (χ0) is 12.3. The average Bonchev–Trinajstić information content (AvgIpc) is 2.34. The predicted molar refractivity (Wildman–Crippen MR) is 67.7 cm³/mol. The van der Waals surface area contributed by atoms with Gasteiger partial charge in [-0.3, -0.25) is 10.00 Å². The smallest absolute Gasteiger partial charge is 0.215 e. The molecule has 7 heteroatoms. The van der Waals surface area contributed by atoms with E-state index in [1.54, 1.807) is 0 Å². The second-order valence-electron chi connectivity index (χ2n) is 4.10. The van der Waals surface area contributed by atoms with Crippen molar-refractivity contribution in [2.45, 2.75) is 6.92 Å². The molecule has 0 radical (unpaired) electrons. The predicted octanol–water partition coefficient (Wildman–Crippen LogP) is -0.0431. The van der Waals surface area contributed by atoms with Gasteiger partial charge < -0.3 is 10.0 Å². The summed E-state index contributed by atoms with van der Waals surface area (Å²) in [4.78, 5) is 8.76. The third-order valence-corrected chi connectivity index (χ3v) is 3.12. The summed E-state index contributed by atoms with van der Waals surface area (Å²) in [5, 5.41) is 15.7. The molecule has 2 N–H and O–H groups in total. The number of aromatic nitrogens is 3. The number of piperazine rings is 1. The molecule has 1 aromatic heterocycles. The maximum absolute atomic E-state index is 8.89. The largest absolute Gasteiger partial charge is 0.395 e. The molecule has 0 bridgehead atoms. The first-order chi connectivity index (χ1) is 8.20. The van der Waals surface area contributed by atoms with Gasteiger partial charge in [0, 0.05) is 32.7 Å². The molecule has 0 aromatic carbocycles. The van der Waals surface area contributed by atoms with Crippen LogP contribution >= 0.6 is 12.2 Å². The fourth-order valence-electron chi connectivity index (χ4n) is 2.01. The molecule has 17 heavy (non-hydrogen) atoms. The molecule has 1 aromatic rings. The van der Waals surface area contributed by atoms with Crippen molar-refractivity contribution in [3.05, 3.63) is 10.5 Å². The van der Waals surface area contributed by atoms with Gasteiger partial charge in [0.1, 0.15) is 5.69 Å². The molecule has 0 saturated carbocycles. The van der Waals surface area contributed by atoms with Gasteiger partial charge in [-0.2, -0.15) is 10.1 Å². The number of aliphatic hydroxyl groups is 1. The first-order valence-corrected chi connectivity index (χ1v) is 6.13. The Morgan fingerprint density at radius 2 is 2.06 bits per heavy atom. The first-order valence-electron chi connectivity index (χ1n) is 5.72. The molecular weight excluding hydrogens is 238 g/mol. The molecule has 94 valence electrons. The summed E-state index contributed by atoms with van der Waals surface area (Å²) in [7, 11) is 0. The number of aryl methyl sites for hydroxylation is 1. The van der Waals surface area contributed by atoms with Crippen LogP contribution in [0.3, 0.4) is 0 Å². The van der Waals surface area contributed by atoms with Crippen LogP contribution in [0.4, 0.5) is 5.82 Å². The maximum Gasteiger partial charge on any atom is 0.215 e. The standard InChI is InChI=1S/C10H17N5OS/c1-8-9(11-10(17)13-12-8)15-4-2-14(3-5-15)6-7-16/h16H,2-7H2,1H3,(H,11,13,17). The Bertz CT molecular complexity index is 427. The van der Waals surface area contributed by atoms with Crippen molar-refractivity contribution in [2.75, 3.05) is 44.2 Å². The summed E-state index contributed by atoms with van der Waals surface area (Å²) >= 11 is 4.99. The Morgan fingerprint density at radius 3 is 2.71 bits per heavy atom. The lowest BCUT2D eigenvalue weighted by molar-refractivity contribution is 0.188. The van der Waals surface area contributed by atoms with E-state index in [1.165, 1.54) is 0 Å². The van der Waals surface area contributed by atoms with Crippen LogP contribution in [0.25, 0.3) is 0 Å². The SMILES string of the molecule is Cc1n[nH]c(=S)nc1N1CCN(CCO)CC1. The van der Waals surface area contributed by atoms with Gasteiger partial charge in [-0.15, -0.1) is 0 Å². The van der Waals surface area contributed by atoms with Crippen LogP contribution in [0.15, 0.2) is 0 Å². The van der Waals surface area contributed by atoms with Crippen molar-refractivity contribution in [3.8, 4) is 0 Å². The van der Waals surface area contributed by atoms with E-state index in [2.05, 4.69) is 25.0 Å². The van der Waals surface area contributed by atoms with Crippen molar-refractivity contribution in [2.24, 2.45) is 0 Å². The lowest BCUT2D eigenvalue weighted by Crippen LogP contribution is -2.47. The molecule has 1 aliphatic rings. The first kappa shape index (κ1) is 12.4. The highest BCUT2D eigenvalue weighted by molar-refractivity contribution is 7.71. The van der Waals surface area contributed by atoms with Gasteiger partial charge in [-0.05, 0) is 19.1 Å². The molecule has 1 fully saturated rings. The molecule has 6 nitrogen and oxygen atoms in total. The Kier molecular flexibility index (Phi) is 4.03. The van der Waals surface area contributed by atoms with Gasteiger partial charge in [0.25, 0.3) is 0 Å². The van der Waals surface area contributed by atoms with Crippen molar-refractivity contribution in [1.29, 1.82) is 0 Å². The quantitative estimate of drug-likeness (QED) is 0.739. The third kappa shape index (κ3) is 2.99. The summed E-state index contributed by atoms with van der Waals surface area (Å²) < 4.78 is 0.420. The normalized spacial score (nSPS) is 17.4. The Hall–Kier alpha value is -1.05. The Balaban J connectivity index is 2.05. The highest BCUT2D eigenvalue weighted by Crippen LogP contribution is 2.15. The van der Waals surface area contributed by atoms with Gasteiger partial charge in [0.05, 0.1) is 6.61 Å². The highest BCUT2D eigenvalue weighted by atomic mass is 32.1. The Morgan fingerprint density at radius 1 is 1.35 bits per heavy atom.